The highest BCUT2D eigenvalue weighted by Crippen LogP contribution is 2.17. The molecule has 0 spiro atoms. The average Bonchev–Trinajstić information content (AvgIpc) is 2.65. The zero-order chi connectivity index (χ0) is 17.6. The number of anilines is 1. The van der Waals surface area contributed by atoms with Crippen LogP contribution in [0, 0.1) is 0 Å². The van der Waals surface area contributed by atoms with E-state index < -0.39 is 0 Å². The number of likely N-dealkylation sites (N-methyl/N-ethyl adjacent to an activating group) is 1. The third-order valence-corrected chi connectivity index (χ3v) is 5.25. The van der Waals surface area contributed by atoms with E-state index in [1.165, 1.54) is 25.8 Å². The summed E-state index contributed by atoms with van der Waals surface area (Å²) in [6.45, 7) is 5.76. The van der Waals surface area contributed by atoms with Gasteiger partial charge in [0, 0.05) is 44.8 Å². The summed E-state index contributed by atoms with van der Waals surface area (Å²) in [5.41, 5.74) is 0.692. The molecule has 0 bridgehead atoms. The number of aromatic nitrogens is 1. The minimum Gasteiger partial charge on any atom is -0.481 e. The number of urea groups is 1. The van der Waals surface area contributed by atoms with Gasteiger partial charge in [0.25, 0.3) is 0 Å². The van der Waals surface area contributed by atoms with Crippen molar-refractivity contribution < 1.29 is 9.53 Å². The zero-order valence-electron chi connectivity index (χ0n) is 15.3. The van der Waals surface area contributed by atoms with E-state index in [1.54, 1.807) is 25.4 Å². The molecular formula is C18H29N5O2. The Bertz CT molecular complexity index is 557. The number of piperazine rings is 1. The molecule has 0 radical (unpaired) electrons. The van der Waals surface area contributed by atoms with Gasteiger partial charge in [-0.05, 0) is 32.5 Å². The van der Waals surface area contributed by atoms with Gasteiger partial charge in [-0.3, -0.25) is 4.90 Å². The van der Waals surface area contributed by atoms with Crippen LogP contribution in [0.25, 0.3) is 0 Å². The first kappa shape index (κ1) is 17.9. The number of ether oxygens (including phenoxy) is 1. The van der Waals surface area contributed by atoms with Gasteiger partial charge in [0.15, 0.2) is 0 Å². The van der Waals surface area contributed by atoms with Crippen LogP contribution in [0.3, 0.4) is 0 Å². The van der Waals surface area contributed by atoms with Crippen molar-refractivity contribution in [3.8, 4) is 5.88 Å². The Morgan fingerprint density at radius 3 is 2.68 bits per heavy atom. The molecule has 2 aliphatic heterocycles. The second kappa shape index (κ2) is 8.49. The largest absolute Gasteiger partial charge is 0.481 e. The molecule has 1 aromatic rings. The van der Waals surface area contributed by atoms with E-state index in [4.69, 9.17) is 4.74 Å². The molecule has 2 fully saturated rings. The Morgan fingerprint density at radius 1 is 1.24 bits per heavy atom. The maximum Gasteiger partial charge on any atom is 0.321 e. The Morgan fingerprint density at radius 2 is 2.04 bits per heavy atom. The van der Waals surface area contributed by atoms with Crippen molar-refractivity contribution in [1.82, 2.24) is 19.7 Å². The van der Waals surface area contributed by atoms with Gasteiger partial charge in [-0.25, -0.2) is 9.78 Å². The lowest BCUT2D eigenvalue weighted by Crippen LogP contribution is -2.53. The molecule has 0 aromatic carbocycles. The first-order valence-corrected chi connectivity index (χ1v) is 9.14. The molecule has 0 unspecified atom stereocenters. The lowest BCUT2D eigenvalue weighted by atomic mass is 10.0. The lowest BCUT2D eigenvalue weighted by molar-refractivity contribution is 0.0956. The fourth-order valence-electron chi connectivity index (χ4n) is 3.58. The van der Waals surface area contributed by atoms with Gasteiger partial charge >= 0.3 is 6.03 Å². The smallest absolute Gasteiger partial charge is 0.321 e. The molecule has 25 heavy (non-hydrogen) atoms. The number of pyridine rings is 1. The van der Waals surface area contributed by atoms with E-state index in [2.05, 4.69) is 27.1 Å². The number of nitrogens with zero attached hydrogens (tertiary/aromatic N) is 4. The van der Waals surface area contributed by atoms with Crippen LogP contribution in [-0.4, -0.2) is 85.2 Å². The van der Waals surface area contributed by atoms with Gasteiger partial charge in [0.1, 0.15) is 0 Å². The van der Waals surface area contributed by atoms with Gasteiger partial charge in [-0.2, -0.15) is 0 Å². The van der Waals surface area contributed by atoms with Crippen molar-refractivity contribution >= 4 is 11.7 Å². The van der Waals surface area contributed by atoms with Crippen molar-refractivity contribution in [1.29, 1.82) is 0 Å². The molecule has 7 heteroatoms. The summed E-state index contributed by atoms with van der Waals surface area (Å²) in [6.07, 6.45) is 5.57. The van der Waals surface area contributed by atoms with Crippen molar-refractivity contribution in [3.63, 3.8) is 0 Å². The monoisotopic (exact) mass is 347 g/mol. The second-order valence-electron chi connectivity index (χ2n) is 6.94. The molecule has 1 aromatic heterocycles. The first-order valence-electron chi connectivity index (χ1n) is 9.14. The molecule has 138 valence electrons. The molecule has 2 amide bonds. The highest BCUT2D eigenvalue weighted by molar-refractivity contribution is 5.89. The number of carbonyl (C=O) groups excluding carboxylic acids is 1. The summed E-state index contributed by atoms with van der Waals surface area (Å²) in [7, 11) is 3.81. The second-order valence-corrected chi connectivity index (χ2v) is 6.94. The zero-order valence-corrected chi connectivity index (χ0v) is 15.3. The molecule has 0 aliphatic carbocycles. The van der Waals surface area contributed by atoms with Crippen LogP contribution in [0.4, 0.5) is 10.5 Å². The summed E-state index contributed by atoms with van der Waals surface area (Å²) in [4.78, 5) is 23.4. The van der Waals surface area contributed by atoms with Gasteiger partial charge < -0.3 is 19.9 Å². The summed E-state index contributed by atoms with van der Waals surface area (Å²) in [5, 5.41) is 2.91. The molecule has 2 saturated heterocycles. The molecular weight excluding hydrogens is 318 g/mol. The highest BCUT2D eigenvalue weighted by atomic mass is 16.5. The van der Waals surface area contributed by atoms with Crippen LogP contribution in [0.2, 0.25) is 0 Å². The number of hydrogen-bond acceptors (Lipinski definition) is 5. The first-order chi connectivity index (χ1) is 12.2. The third kappa shape index (κ3) is 4.83. The van der Waals surface area contributed by atoms with Gasteiger partial charge in [-0.1, -0.05) is 6.42 Å². The standard InChI is InChI=1S/C18H29N5O2/c1-21-8-4-3-5-16(21)14-22-9-11-23(12-10-22)18(24)20-15-6-7-17(25-2)19-13-15/h6-7,13,16H,3-5,8-12,14H2,1-2H3,(H,20,24)/t16-/m0/s1. The predicted molar refractivity (Wildman–Crippen MR) is 98.1 cm³/mol. The highest BCUT2D eigenvalue weighted by Gasteiger charge is 2.25. The molecule has 7 nitrogen and oxygen atoms in total. The molecule has 2 aliphatic rings. The fraction of sp³-hybridized carbons (Fsp3) is 0.667. The van der Waals surface area contributed by atoms with Crippen LogP contribution in [0.5, 0.6) is 5.88 Å². The topological polar surface area (TPSA) is 60.9 Å². The quantitative estimate of drug-likeness (QED) is 0.899. The molecule has 1 N–H and O–H groups in total. The number of hydrogen-bond donors (Lipinski definition) is 1. The fourth-order valence-corrected chi connectivity index (χ4v) is 3.58. The van der Waals surface area contributed by atoms with E-state index in [0.29, 0.717) is 17.6 Å². The Hall–Kier alpha value is -1.86. The molecule has 0 saturated carbocycles. The number of carbonyl (C=O) groups is 1. The summed E-state index contributed by atoms with van der Waals surface area (Å²) in [5.74, 6) is 0.541. The molecule has 3 rings (SSSR count). The van der Waals surface area contributed by atoms with E-state index in [0.717, 1.165) is 32.7 Å². The predicted octanol–water partition coefficient (Wildman–Crippen LogP) is 1.72. The number of amides is 2. The number of methoxy groups -OCH3 is 1. The molecule has 3 heterocycles. The number of piperidine rings is 1. The van der Waals surface area contributed by atoms with Crippen LogP contribution < -0.4 is 10.1 Å². The maximum atomic E-state index is 12.4. The number of nitrogens with one attached hydrogen (secondary N) is 1. The van der Waals surface area contributed by atoms with Crippen molar-refractivity contribution in [3.05, 3.63) is 18.3 Å². The summed E-state index contributed by atoms with van der Waals surface area (Å²) < 4.78 is 5.03. The summed E-state index contributed by atoms with van der Waals surface area (Å²) >= 11 is 0. The lowest BCUT2D eigenvalue weighted by Gasteiger charge is -2.40. The van der Waals surface area contributed by atoms with E-state index in [9.17, 15) is 4.79 Å². The Labute approximate surface area is 149 Å². The minimum absolute atomic E-state index is 0.0543. The van der Waals surface area contributed by atoms with Gasteiger partial charge in [0.05, 0.1) is 19.0 Å². The Kier molecular flexibility index (Phi) is 6.09. The van der Waals surface area contributed by atoms with E-state index >= 15 is 0 Å². The number of likely N-dealkylation sites (tertiary alicyclic amines) is 1. The van der Waals surface area contributed by atoms with Crippen LogP contribution >= 0.6 is 0 Å². The summed E-state index contributed by atoms with van der Waals surface area (Å²) in [6, 6.07) is 4.16. The van der Waals surface area contributed by atoms with Gasteiger partial charge in [0.2, 0.25) is 5.88 Å². The van der Waals surface area contributed by atoms with Crippen molar-refractivity contribution in [2.45, 2.75) is 25.3 Å². The Balaban J connectivity index is 1.44. The SMILES string of the molecule is COc1ccc(NC(=O)N2CCN(C[C@@H]3CCCCN3C)CC2)cn1. The minimum atomic E-state index is -0.0543. The third-order valence-electron chi connectivity index (χ3n) is 5.25. The van der Waals surface area contributed by atoms with Crippen LogP contribution in [0.1, 0.15) is 19.3 Å². The van der Waals surface area contributed by atoms with E-state index in [1.807, 2.05) is 4.90 Å². The van der Waals surface area contributed by atoms with Crippen molar-refractivity contribution in [2.24, 2.45) is 0 Å². The van der Waals surface area contributed by atoms with E-state index in [-0.39, 0.29) is 6.03 Å². The van der Waals surface area contributed by atoms with Crippen LogP contribution in [-0.2, 0) is 0 Å². The average molecular weight is 347 g/mol. The molecule has 1 atom stereocenters. The van der Waals surface area contributed by atoms with Gasteiger partial charge in [-0.15, -0.1) is 0 Å². The maximum absolute atomic E-state index is 12.4. The van der Waals surface area contributed by atoms with Crippen LogP contribution in [0.15, 0.2) is 18.3 Å². The van der Waals surface area contributed by atoms with Crippen molar-refractivity contribution in [2.75, 3.05) is 58.7 Å². The normalized spacial score (nSPS) is 22.6. The number of rotatable bonds is 4.